The molecule has 1 rings (SSSR count). The summed E-state index contributed by atoms with van der Waals surface area (Å²) in [6.07, 6.45) is 1.60. The van der Waals surface area contributed by atoms with E-state index in [1.54, 1.807) is 6.20 Å². The molecule has 1 heterocycles. The Kier molecular flexibility index (Phi) is 1.21. The van der Waals surface area contributed by atoms with Gasteiger partial charge in [-0.15, -0.1) is 0 Å². The van der Waals surface area contributed by atoms with Gasteiger partial charge in [-0.05, 0) is 6.20 Å². The number of nitrogens with zero attached hydrogens (tertiary/aromatic N) is 1. The highest BCUT2D eigenvalue weighted by molar-refractivity contribution is 6.31. The summed E-state index contributed by atoms with van der Waals surface area (Å²) in [5, 5.41) is 10.2. The fourth-order valence-electron chi connectivity index (χ4n) is 0.429. The van der Waals surface area contributed by atoms with Crippen LogP contribution in [0, 0.1) is 10.1 Å². The fraction of sp³-hybridized carbons (Fsp3) is 0. The van der Waals surface area contributed by atoms with Crippen LogP contribution in [-0.4, -0.2) is 18.9 Å². The van der Waals surface area contributed by atoms with Crippen LogP contribution in [0.1, 0.15) is 0 Å². The second kappa shape index (κ2) is 1.87. The molecule has 0 atom stereocenters. The molecule has 8 heavy (non-hydrogen) atoms. The molecule has 0 aliphatic heterocycles. The third-order valence-electron chi connectivity index (χ3n) is 0.792. The molecule has 0 aliphatic carbocycles. The number of hydrogen-bond acceptors (Lipinski definition) is 2. The average Bonchev–Trinajstić information content (AvgIpc) is 2.12. The van der Waals surface area contributed by atoms with Crippen LogP contribution in [0.3, 0.4) is 0 Å². The van der Waals surface area contributed by atoms with Crippen LogP contribution in [0.5, 0.6) is 0 Å². The van der Waals surface area contributed by atoms with Crippen molar-refractivity contribution in [1.29, 1.82) is 0 Å². The smallest absolute Gasteiger partial charge is 0.252 e. The minimum Gasteiger partial charge on any atom is -0.395 e. The van der Waals surface area contributed by atoms with E-state index in [9.17, 15) is 10.1 Å². The van der Waals surface area contributed by atoms with Crippen molar-refractivity contribution < 1.29 is 4.92 Å². The lowest BCUT2D eigenvalue weighted by atomic mass is 10.7. The normalized spacial score (nSPS) is 9.00. The molecule has 5 heteroatoms. The number of nitrogens with one attached hydrogen (secondary N) is 1. The van der Waals surface area contributed by atoms with Gasteiger partial charge in [-0.3, -0.25) is 10.1 Å². The van der Waals surface area contributed by atoms with Crippen LogP contribution >= 0.6 is 0 Å². The van der Waals surface area contributed by atoms with Crippen molar-refractivity contribution in [3.05, 3.63) is 22.4 Å². The SMILES string of the molecule is O=[N+]([O-])c1cc[nH][siH]1. The Hall–Kier alpha value is -0.973. The molecule has 4 nitrogen and oxygen atoms in total. The summed E-state index contributed by atoms with van der Waals surface area (Å²) < 4.78 is 2.78. The average molecular weight is 128 g/mol. The zero-order valence-corrected chi connectivity index (χ0v) is 5.15. The van der Waals surface area contributed by atoms with Crippen molar-refractivity contribution in [2.45, 2.75) is 0 Å². The van der Waals surface area contributed by atoms with Gasteiger partial charge in [0, 0.05) is 6.07 Å². The molecular formula is C3H4N2O2Si. The second-order valence-electron chi connectivity index (χ2n) is 1.33. The number of aromatic amines is 1. The van der Waals surface area contributed by atoms with E-state index in [0.29, 0.717) is 5.30 Å². The number of rotatable bonds is 1. The maximum absolute atomic E-state index is 9.90. The first-order valence-corrected chi connectivity index (χ1v) is 3.23. The van der Waals surface area contributed by atoms with Crippen molar-refractivity contribution in [3.8, 4) is 0 Å². The molecule has 1 N–H and O–H groups in total. The molecular weight excluding hydrogens is 124 g/mol. The van der Waals surface area contributed by atoms with Crippen molar-refractivity contribution in [2.75, 3.05) is 0 Å². The summed E-state index contributed by atoms with van der Waals surface area (Å²) in [7, 11) is -0.299. The van der Waals surface area contributed by atoms with Gasteiger partial charge < -0.3 is 4.64 Å². The Balaban J connectivity index is 2.93. The van der Waals surface area contributed by atoms with Crippen LogP contribution in [0.2, 0.25) is 0 Å². The molecule has 0 fully saturated rings. The predicted octanol–water partition coefficient (Wildman–Crippen LogP) is -0.00670. The van der Waals surface area contributed by atoms with E-state index in [0.717, 1.165) is 0 Å². The van der Waals surface area contributed by atoms with Gasteiger partial charge in [0.1, 0.15) is 0 Å². The van der Waals surface area contributed by atoms with E-state index >= 15 is 0 Å². The lowest BCUT2D eigenvalue weighted by molar-refractivity contribution is -0.380. The van der Waals surface area contributed by atoms with Crippen molar-refractivity contribution in [3.63, 3.8) is 0 Å². The first-order valence-electron chi connectivity index (χ1n) is 2.08. The van der Waals surface area contributed by atoms with Crippen LogP contribution in [-0.2, 0) is 0 Å². The van der Waals surface area contributed by atoms with Gasteiger partial charge in [-0.2, -0.15) is 0 Å². The summed E-state index contributed by atoms with van der Waals surface area (Å²) in [6, 6.07) is 1.50. The maximum atomic E-state index is 9.90. The molecule has 0 radical (unpaired) electrons. The van der Waals surface area contributed by atoms with Crippen molar-refractivity contribution >= 4 is 14.6 Å². The molecule has 0 spiro atoms. The number of aromatic nitrogens is 1. The first-order chi connectivity index (χ1) is 3.80. The van der Waals surface area contributed by atoms with Gasteiger partial charge in [-0.1, -0.05) is 0 Å². The summed E-state index contributed by atoms with van der Waals surface area (Å²) in [5.41, 5.74) is 0. The molecule has 0 saturated carbocycles. The lowest BCUT2D eigenvalue weighted by Gasteiger charge is -1.77. The third-order valence-corrected chi connectivity index (χ3v) is 1.85. The van der Waals surface area contributed by atoms with Crippen LogP contribution in [0.15, 0.2) is 12.3 Å². The highest BCUT2D eigenvalue weighted by atomic mass is 28.2. The molecule has 0 bridgehead atoms. The molecule has 1 aromatic heterocycles. The summed E-state index contributed by atoms with van der Waals surface area (Å²) >= 11 is 0. The van der Waals surface area contributed by atoms with E-state index in [1.165, 1.54) is 6.07 Å². The van der Waals surface area contributed by atoms with E-state index in [1.807, 2.05) is 0 Å². The topological polar surface area (TPSA) is 58.9 Å². The lowest BCUT2D eigenvalue weighted by Crippen LogP contribution is -1.86. The van der Waals surface area contributed by atoms with Gasteiger partial charge in [0.2, 0.25) is 9.29 Å². The molecule has 1 aromatic rings. The summed E-state index contributed by atoms with van der Waals surface area (Å²) in [6.45, 7) is 0. The zero-order valence-electron chi connectivity index (χ0n) is 4.00. The Morgan fingerprint density at radius 3 is 2.88 bits per heavy atom. The van der Waals surface area contributed by atoms with Crippen molar-refractivity contribution in [1.82, 2.24) is 4.64 Å². The maximum Gasteiger partial charge on any atom is 0.252 e. The fourth-order valence-corrected chi connectivity index (χ4v) is 1.09. The summed E-state index contributed by atoms with van der Waals surface area (Å²) in [4.78, 5) is 9.54. The summed E-state index contributed by atoms with van der Waals surface area (Å²) in [5.74, 6) is 0. The highest BCUT2D eigenvalue weighted by Crippen LogP contribution is 1.99. The predicted molar refractivity (Wildman–Crippen MR) is 30.2 cm³/mol. The minimum atomic E-state index is -0.355. The number of H-pyrrole nitrogens is 1. The highest BCUT2D eigenvalue weighted by Gasteiger charge is 2.00. The van der Waals surface area contributed by atoms with E-state index in [-0.39, 0.29) is 14.2 Å². The minimum absolute atomic E-state index is 0.299. The van der Waals surface area contributed by atoms with Crippen LogP contribution in [0.25, 0.3) is 0 Å². The van der Waals surface area contributed by atoms with Gasteiger partial charge in [0.25, 0.3) is 5.30 Å². The molecule has 42 valence electrons. The largest absolute Gasteiger partial charge is 0.395 e. The number of nitro groups is 1. The molecule has 0 amide bonds. The van der Waals surface area contributed by atoms with Gasteiger partial charge >= 0.3 is 0 Å². The Morgan fingerprint density at radius 2 is 2.62 bits per heavy atom. The first kappa shape index (κ1) is 5.17. The Morgan fingerprint density at radius 1 is 1.88 bits per heavy atom. The number of hydrogen-bond donors (Lipinski definition) is 1. The quantitative estimate of drug-likeness (QED) is 0.328. The van der Waals surface area contributed by atoms with Gasteiger partial charge in [-0.25, -0.2) is 0 Å². The van der Waals surface area contributed by atoms with Gasteiger partial charge in [0.15, 0.2) is 0 Å². The van der Waals surface area contributed by atoms with E-state index in [4.69, 9.17) is 0 Å². The van der Waals surface area contributed by atoms with Gasteiger partial charge in [0.05, 0.1) is 4.92 Å². The zero-order chi connectivity index (χ0) is 5.98. The molecule has 0 aliphatic rings. The van der Waals surface area contributed by atoms with E-state index < -0.39 is 0 Å². The monoisotopic (exact) mass is 128 g/mol. The second-order valence-corrected chi connectivity index (χ2v) is 2.54. The Labute approximate surface area is 47.5 Å². The van der Waals surface area contributed by atoms with E-state index in [2.05, 4.69) is 4.64 Å². The standard InChI is InChI=1S/C3H4N2O2Si/c6-5(7)3-1-2-4-8-3/h1-2,4,8H. The molecule has 0 aromatic carbocycles. The Bertz CT molecular complexity index is 183. The van der Waals surface area contributed by atoms with Crippen LogP contribution in [0.4, 0.5) is 5.30 Å². The molecule has 0 unspecified atom stereocenters. The molecule has 0 saturated heterocycles. The van der Waals surface area contributed by atoms with Crippen LogP contribution < -0.4 is 0 Å². The third kappa shape index (κ3) is 0.811. The van der Waals surface area contributed by atoms with Crippen molar-refractivity contribution in [2.24, 2.45) is 0 Å².